The molecule has 2 nitrogen and oxygen atoms in total. The molecule has 0 fully saturated rings. The van der Waals surface area contributed by atoms with Crippen molar-refractivity contribution in [3.63, 3.8) is 0 Å². The van der Waals surface area contributed by atoms with E-state index in [1.54, 1.807) is 6.92 Å². The summed E-state index contributed by atoms with van der Waals surface area (Å²) < 4.78 is 0. The molecule has 0 aliphatic rings. The molecule has 0 aromatic heterocycles. The lowest BCUT2D eigenvalue weighted by Crippen LogP contribution is -2.02. The molecule has 13 heavy (non-hydrogen) atoms. The van der Waals surface area contributed by atoms with Gasteiger partial charge in [-0.2, -0.15) is 0 Å². The summed E-state index contributed by atoms with van der Waals surface area (Å²) in [5.74, 6) is 0.106. The van der Waals surface area contributed by atoms with Gasteiger partial charge in [-0.3, -0.25) is 4.79 Å². The normalized spacial score (nSPS) is 9.08. The Balaban J connectivity index is 0.00000144. The average molecular weight is 200 g/mol. The second-order valence-electron chi connectivity index (χ2n) is 2.79. The van der Waals surface area contributed by atoms with Gasteiger partial charge in [0, 0.05) is 5.56 Å². The Kier molecular flexibility index (Phi) is 5.35. The van der Waals surface area contributed by atoms with Crippen LogP contribution in [-0.2, 0) is 6.42 Å². The largest absolute Gasteiger partial charge is 0.330 e. The van der Waals surface area contributed by atoms with Gasteiger partial charge in [-0.25, -0.2) is 0 Å². The zero-order valence-electron chi connectivity index (χ0n) is 7.62. The maximum atomic E-state index is 10.9. The van der Waals surface area contributed by atoms with Crippen LogP contribution in [0, 0.1) is 0 Å². The van der Waals surface area contributed by atoms with Crippen LogP contribution >= 0.6 is 12.4 Å². The van der Waals surface area contributed by atoms with E-state index in [-0.39, 0.29) is 18.2 Å². The highest BCUT2D eigenvalue weighted by molar-refractivity contribution is 5.93. The van der Waals surface area contributed by atoms with E-state index >= 15 is 0 Å². The van der Waals surface area contributed by atoms with E-state index in [0.717, 1.165) is 12.0 Å². The monoisotopic (exact) mass is 199 g/mol. The van der Waals surface area contributed by atoms with Crippen LogP contribution in [0.3, 0.4) is 0 Å². The predicted octanol–water partition coefficient (Wildman–Crippen LogP) is 1.81. The first-order valence-corrected chi connectivity index (χ1v) is 4.04. The van der Waals surface area contributed by atoms with Crippen molar-refractivity contribution in [3.05, 3.63) is 35.4 Å². The third kappa shape index (κ3) is 3.57. The van der Waals surface area contributed by atoms with Crippen LogP contribution in [-0.4, -0.2) is 12.3 Å². The van der Waals surface area contributed by atoms with Crippen LogP contribution in [0.5, 0.6) is 0 Å². The molecule has 1 aromatic carbocycles. The number of ketones is 1. The summed E-state index contributed by atoms with van der Waals surface area (Å²) in [6.45, 7) is 2.22. The van der Waals surface area contributed by atoms with Gasteiger partial charge < -0.3 is 5.73 Å². The molecular formula is C10H14ClNO. The van der Waals surface area contributed by atoms with E-state index in [2.05, 4.69) is 0 Å². The number of halogens is 1. The fourth-order valence-corrected chi connectivity index (χ4v) is 1.07. The van der Waals surface area contributed by atoms with Gasteiger partial charge in [0.25, 0.3) is 0 Å². The predicted molar refractivity (Wildman–Crippen MR) is 56.5 cm³/mol. The van der Waals surface area contributed by atoms with Crippen molar-refractivity contribution in [2.45, 2.75) is 13.3 Å². The first-order valence-electron chi connectivity index (χ1n) is 4.04. The zero-order valence-corrected chi connectivity index (χ0v) is 8.43. The van der Waals surface area contributed by atoms with Crippen LogP contribution in [0.25, 0.3) is 0 Å². The van der Waals surface area contributed by atoms with Crippen LogP contribution in [0.1, 0.15) is 22.8 Å². The summed E-state index contributed by atoms with van der Waals surface area (Å²) in [7, 11) is 0. The molecular weight excluding hydrogens is 186 g/mol. The fraction of sp³-hybridized carbons (Fsp3) is 0.300. The number of hydrogen-bond acceptors (Lipinski definition) is 2. The summed E-state index contributed by atoms with van der Waals surface area (Å²) in [6, 6.07) is 7.58. The standard InChI is InChI=1S/C10H13NO.ClH/c1-8(12)10-4-2-9(3-5-10)6-7-11;/h2-5H,6-7,11H2,1H3;1H. The van der Waals surface area contributed by atoms with E-state index in [9.17, 15) is 4.79 Å². The Morgan fingerprint density at radius 3 is 2.23 bits per heavy atom. The summed E-state index contributed by atoms with van der Waals surface area (Å²) in [4.78, 5) is 10.9. The van der Waals surface area contributed by atoms with Crippen LogP contribution in [0.2, 0.25) is 0 Å². The van der Waals surface area contributed by atoms with Crippen molar-refractivity contribution >= 4 is 18.2 Å². The Hall–Kier alpha value is -0.860. The smallest absolute Gasteiger partial charge is 0.159 e. The first kappa shape index (κ1) is 12.1. The zero-order chi connectivity index (χ0) is 8.97. The van der Waals surface area contributed by atoms with Gasteiger partial charge in [-0.1, -0.05) is 24.3 Å². The summed E-state index contributed by atoms with van der Waals surface area (Å²) in [5.41, 5.74) is 7.33. The number of rotatable bonds is 3. The molecule has 0 heterocycles. The Morgan fingerprint density at radius 2 is 1.85 bits per heavy atom. The fourth-order valence-electron chi connectivity index (χ4n) is 1.07. The molecule has 0 unspecified atom stereocenters. The lowest BCUT2D eigenvalue weighted by atomic mass is 10.1. The Morgan fingerprint density at radius 1 is 1.31 bits per heavy atom. The van der Waals surface area contributed by atoms with Crippen molar-refractivity contribution in [1.82, 2.24) is 0 Å². The molecule has 0 bridgehead atoms. The number of benzene rings is 1. The summed E-state index contributed by atoms with van der Waals surface area (Å²) >= 11 is 0. The molecule has 2 N–H and O–H groups in total. The number of carbonyl (C=O) groups excluding carboxylic acids is 1. The maximum Gasteiger partial charge on any atom is 0.159 e. The topological polar surface area (TPSA) is 43.1 Å². The lowest BCUT2D eigenvalue weighted by Gasteiger charge is -1.99. The highest BCUT2D eigenvalue weighted by Gasteiger charge is 1.97. The second kappa shape index (κ2) is 5.73. The minimum absolute atomic E-state index is 0. The average Bonchev–Trinajstić information content (AvgIpc) is 2.06. The Bertz CT molecular complexity index is 269. The SMILES string of the molecule is CC(=O)c1ccc(CCN)cc1.Cl. The maximum absolute atomic E-state index is 10.9. The number of nitrogens with two attached hydrogens (primary N) is 1. The van der Waals surface area contributed by atoms with Gasteiger partial charge >= 0.3 is 0 Å². The van der Waals surface area contributed by atoms with E-state index in [1.807, 2.05) is 24.3 Å². The molecule has 72 valence electrons. The number of hydrogen-bond donors (Lipinski definition) is 1. The molecule has 0 radical (unpaired) electrons. The molecule has 1 aromatic rings. The van der Waals surface area contributed by atoms with Crippen LogP contribution in [0.4, 0.5) is 0 Å². The molecule has 0 spiro atoms. The minimum Gasteiger partial charge on any atom is -0.330 e. The Labute approximate surface area is 84.5 Å². The molecule has 0 saturated heterocycles. The third-order valence-electron chi connectivity index (χ3n) is 1.79. The van der Waals surface area contributed by atoms with E-state index in [4.69, 9.17) is 5.73 Å². The molecule has 3 heteroatoms. The number of Topliss-reactive ketones (excluding diaryl/α,β-unsaturated/α-hetero) is 1. The van der Waals surface area contributed by atoms with Gasteiger partial charge in [0.2, 0.25) is 0 Å². The van der Waals surface area contributed by atoms with E-state index < -0.39 is 0 Å². The van der Waals surface area contributed by atoms with Gasteiger partial charge in [-0.15, -0.1) is 12.4 Å². The van der Waals surface area contributed by atoms with Gasteiger partial charge in [0.15, 0.2) is 5.78 Å². The highest BCUT2D eigenvalue weighted by Crippen LogP contribution is 2.04. The van der Waals surface area contributed by atoms with Crippen molar-refractivity contribution in [3.8, 4) is 0 Å². The van der Waals surface area contributed by atoms with E-state index in [1.165, 1.54) is 5.56 Å². The van der Waals surface area contributed by atoms with Crippen molar-refractivity contribution in [2.24, 2.45) is 5.73 Å². The highest BCUT2D eigenvalue weighted by atomic mass is 35.5. The third-order valence-corrected chi connectivity index (χ3v) is 1.79. The molecule has 0 saturated carbocycles. The first-order chi connectivity index (χ1) is 5.74. The molecule has 0 atom stereocenters. The molecule has 0 aliphatic heterocycles. The van der Waals surface area contributed by atoms with Gasteiger partial charge in [0.1, 0.15) is 0 Å². The van der Waals surface area contributed by atoms with Gasteiger partial charge in [0.05, 0.1) is 0 Å². The van der Waals surface area contributed by atoms with Crippen LogP contribution in [0.15, 0.2) is 24.3 Å². The summed E-state index contributed by atoms with van der Waals surface area (Å²) in [5, 5.41) is 0. The summed E-state index contributed by atoms with van der Waals surface area (Å²) in [6.07, 6.45) is 0.873. The number of carbonyl (C=O) groups is 1. The lowest BCUT2D eigenvalue weighted by molar-refractivity contribution is 0.101. The van der Waals surface area contributed by atoms with Crippen molar-refractivity contribution < 1.29 is 4.79 Å². The van der Waals surface area contributed by atoms with Gasteiger partial charge in [-0.05, 0) is 25.5 Å². The minimum atomic E-state index is 0. The quantitative estimate of drug-likeness (QED) is 0.755. The second-order valence-corrected chi connectivity index (χ2v) is 2.79. The van der Waals surface area contributed by atoms with Crippen molar-refractivity contribution in [2.75, 3.05) is 6.54 Å². The molecule has 0 amide bonds. The molecule has 0 aliphatic carbocycles. The van der Waals surface area contributed by atoms with Crippen molar-refractivity contribution in [1.29, 1.82) is 0 Å². The van der Waals surface area contributed by atoms with Crippen LogP contribution < -0.4 is 5.73 Å². The molecule has 1 rings (SSSR count). The van der Waals surface area contributed by atoms with E-state index in [0.29, 0.717) is 6.54 Å².